The van der Waals surface area contributed by atoms with Gasteiger partial charge >= 0.3 is 0 Å². The topological polar surface area (TPSA) is 63.3 Å². The smallest absolute Gasteiger partial charge is 0.273 e. The zero-order valence-electron chi connectivity index (χ0n) is 24.7. The summed E-state index contributed by atoms with van der Waals surface area (Å²) in [6.07, 6.45) is 0. The second-order valence-corrected chi connectivity index (χ2v) is 11.2. The molecule has 3 aromatic heterocycles. The van der Waals surface area contributed by atoms with Crippen LogP contribution in [0, 0.1) is 0 Å². The molecule has 0 amide bonds. The van der Waals surface area contributed by atoms with Gasteiger partial charge in [-0.15, -0.1) is 0 Å². The van der Waals surface area contributed by atoms with E-state index in [1.807, 2.05) is 72.8 Å². The van der Waals surface area contributed by atoms with Gasteiger partial charge in [-0.25, -0.2) is 9.97 Å². The molecule has 0 saturated carbocycles. The summed E-state index contributed by atoms with van der Waals surface area (Å²) in [7, 11) is 0. The Morgan fingerprint density at radius 3 is 1.65 bits per heavy atom. The van der Waals surface area contributed by atoms with Crippen LogP contribution in [0.5, 0.6) is 0 Å². The molecule has 216 valence electrons. The first-order chi connectivity index (χ1) is 22.8. The SMILES string of the molecule is c1ccc(-c2nc(-c3ccccc3)nc(-n3c4ccccc4c4ccc5c([nH]c(-c6ccccc6)[n+]5-c5ccccc5)c43)n2)cc1. The Balaban J connectivity index is 1.42. The van der Waals surface area contributed by atoms with Gasteiger partial charge in [0, 0.05) is 21.9 Å². The molecule has 0 aliphatic heterocycles. The lowest BCUT2D eigenvalue weighted by molar-refractivity contribution is -0.554. The minimum Gasteiger partial charge on any atom is -0.273 e. The molecule has 0 aliphatic rings. The third-order valence-electron chi connectivity index (χ3n) is 8.47. The summed E-state index contributed by atoms with van der Waals surface area (Å²) in [5.74, 6) is 2.81. The van der Waals surface area contributed by atoms with Gasteiger partial charge in [-0.1, -0.05) is 115 Å². The first-order valence-electron chi connectivity index (χ1n) is 15.3. The number of fused-ring (bicyclic) bond motifs is 5. The Kier molecular flexibility index (Phi) is 6.03. The lowest BCUT2D eigenvalue weighted by Crippen LogP contribution is -2.31. The van der Waals surface area contributed by atoms with Gasteiger partial charge in [0.2, 0.25) is 5.95 Å². The van der Waals surface area contributed by atoms with Crippen LogP contribution in [0.4, 0.5) is 0 Å². The Labute approximate surface area is 264 Å². The Hall–Kier alpha value is -6.40. The van der Waals surface area contributed by atoms with Crippen LogP contribution in [0.15, 0.2) is 158 Å². The van der Waals surface area contributed by atoms with Crippen LogP contribution in [-0.2, 0) is 0 Å². The summed E-state index contributed by atoms with van der Waals surface area (Å²) in [6.45, 7) is 0. The quantitative estimate of drug-likeness (QED) is 0.204. The van der Waals surface area contributed by atoms with Crippen LogP contribution in [0.1, 0.15) is 0 Å². The summed E-state index contributed by atoms with van der Waals surface area (Å²) in [5.41, 5.74) is 8.13. The Morgan fingerprint density at radius 2 is 1.02 bits per heavy atom. The van der Waals surface area contributed by atoms with Gasteiger partial charge in [0.15, 0.2) is 22.7 Å². The predicted octanol–water partition coefficient (Wildman–Crippen LogP) is 8.73. The van der Waals surface area contributed by atoms with E-state index in [4.69, 9.17) is 15.0 Å². The number of aromatic nitrogens is 6. The Bertz CT molecular complexity index is 2440. The van der Waals surface area contributed by atoms with Crippen LogP contribution >= 0.6 is 0 Å². The van der Waals surface area contributed by atoms with Crippen molar-refractivity contribution in [3.63, 3.8) is 0 Å². The molecule has 0 fully saturated rings. The van der Waals surface area contributed by atoms with Crippen LogP contribution in [-0.4, -0.2) is 24.5 Å². The van der Waals surface area contributed by atoms with E-state index < -0.39 is 0 Å². The van der Waals surface area contributed by atoms with Gasteiger partial charge in [-0.2, -0.15) is 14.5 Å². The minimum absolute atomic E-state index is 0.563. The molecule has 46 heavy (non-hydrogen) atoms. The number of para-hydroxylation sites is 2. The fourth-order valence-electron chi connectivity index (χ4n) is 6.40. The number of benzene rings is 6. The average Bonchev–Trinajstić information content (AvgIpc) is 3.70. The summed E-state index contributed by atoms with van der Waals surface area (Å²) < 4.78 is 4.48. The molecule has 9 rings (SSSR count). The van der Waals surface area contributed by atoms with E-state index in [1.54, 1.807) is 0 Å². The highest BCUT2D eigenvalue weighted by Crippen LogP contribution is 2.36. The van der Waals surface area contributed by atoms with E-state index in [0.29, 0.717) is 17.6 Å². The molecule has 0 atom stereocenters. The number of aromatic amines is 1. The molecule has 3 heterocycles. The predicted molar refractivity (Wildman–Crippen MR) is 184 cm³/mol. The molecular formula is C40H27N6+. The third kappa shape index (κ3) is 4.19. The van der Waals surface area contributed by atoms with Gasteiger partial charge in [0.05, 0.1) is 11.1 Å². The van der Waals surface area contributed by atoms with Crippen molar-refractivity contribution in [1.29, 1.82) is 0 Å². The fraction of sp³-hybridized carbons (Fsp3) is 0. The normalized spacial score (nSPS) is 11.5. The van der Waals surface area contributed by atoms with Gasteiger partial charge in [-0.05, 0) is 42.5 Å². The second kappa shape index (κ2) is 10.6. The molecule has 0 saturated heterocycles. The van der Waals surface area contributed by atoms with E-state index in [-0.39, 0.29) is 0 Å². The highest BCUT2D eigenvalue weighted by molar-refractivity contribution is 6.16. The van der Waals surface area contributed by atoms with E-state index >= 15 is 0 Å². The van der Waals surface area contributed by atoms with Crippen LogP contribution in [0.3, 0.4) is 0 Å². The van der Waals surface area contributed by atoms with E-state index in [9.17, 15) is 0 Å². The second-order valence-electron chi connectivity index (χ2n) is 11.2. The van der Waals surface area contributed by atoms with Crippen LogP contribution < -0.4 is 4.57 Å². The first-order valence-corrected chi connectivity index (χ1v) is 15.3. The summed E-state index contributed by atoms with van der Waals surface area (Å²) >= 11 is 0. The van der Waals surface area contributed by atoms with Crippen molar-refractivity contribution in [3.05, 3.63) is 158 Å². The highest BCUT2D eigenvalue weighted by Gasteiger charge is 2.27. The number of nitrogens with one attached hydrogen (secondary N) is 1. The van der Waals surface area contributed by atoms with Gasteiger partial charge < -0.3 is 0 Å². The minimum atomic E-state index is 0.563. The maximum Gasteiger partial charge on any atom is 0.292 e. The summed E-state index contributed by atoms with van der Waals surface area (Å²) in [4.78, 5) is 19.1. The zero-order valence-corrected chi connectivity index (χ0v) is 24.7. The van der Waals surface area contributed by atoms with E-state index in [2.05, 4.69) is 99.0 Å². The summed E-state index contributed by atoms with van der Waals surface area (Å²) in [5, 5.41) is 2.25. The molecule has 1 N–H and O–H groups in total. The lowest BCUT2D eigenvalue weighted by Gasteiger charge is -2.10. The molecule has 6 nitrogen and oxygen atoms in total. The number of imidazole rings is 1. The van der Waals surface area contributed by atoms with Crippen molar-refractivity contribution in [2.75, 3.05) is 0 Å². The molecule has 9 aromatic rings. The van der Waals surface area contributed by atoms with E-state index in [0.717, 1.165) is 61.0 Å². The zero-order chi connectivity index (χ0) is 30.5. The fourth-order valence-corrected chi connectivity index (χ4v) is 6.40. The molecular weight excluding hydrogens is 564 g/mol. The molecule has 0 spiro atoms. The number of hydrogen-bond acceptors (Lipinski definition) is 3. The van der Waals surface area contributed by atoms with Gasteiger partial charge in [0.25, 0.3) is 5.82 Å². The van der Waals surface area contributed by atoms with Crippen molar-refractivity contribution >= 4 is 32.8 Å². The van der Waals surface area contributed by atoms with Gasteiger partial charge in [-0.3, -0.25) is 4.57 Å². The average molecular weight is 592 g/mol. The Morgan fingerprint density at radius 1 is 0.478 bits per heavy atom. The molecule has 6 heteroatoms. The molecule has 0 radical (unpaired) electrons. The lowest BCUT2D eigenvalue weighted by atomic mass is 10.1. The third-order valence-corrected chi connectivity index (χ3v) is 8.47. The number of hydrogen-bond donors (Lipinski definition) is 1. The molecule has 0 aliphatic carbocycles. The van der Waals surface area contributed by atoms with Crippen LogP contribution in [0.2, 0.25) is 0 Å². The van der Waals surface area contributed by atoms with Crippen LogP contribution in [0.25, 0.3) is 78.6 Å². The maximum absolute atomic E-state index is 5.14. The molecule has 0 unspecified atom stereocenters. The van der Waals surface area contributed by atoms with E-state index in [1.165, 1.54) is 0 Å². The van der Waals surface area contributed by atoms with Gasteiger partial charge in [0.1, 0.15) is 11.2 Å². The van der Waals surface area contributed by atoms with Crippen molar-refractivity contribution in [3.8, 4) is 45.8 Å². The largest absolute Gasteiger partial charge is 0.292 e. The van der Waals surface area contributed by atoms with Crippen molar-refractivity contribution in [2.24, 2.45) is 0 Å². The number of rotatable bonds is 5. The monoisotopic (exact) mass is 591 g/mol. The van der Waals surface area contributed by atoms with Crippen molar-refractivity contribution in [1.82, 2.24) is 24.5 Å². The highest BCUT2D eigenvalue weighted by atomic mass is 15.2. The standard InChI is InChI=1S/C40H26N6/c1-5-15-27(16-6-1)37-42-38(28-17-7-2-8-18-28)44-40(43-37)46-33-24-14-13-23-31(33)32-25-26-34-35(36(32)46)41-39(29-19-9-3-10-20-29)45(34)30-21-11-4-12-22-30/h1-26H/p+1. The first kappa shape index (κ1) is 26.0. The van der Waals surface area contributed by atoms with Crippen molar-refractivity contribution < 1.29 is 4.57 Å². The number of H-pyrrole nitrogens is 1. The molecule has 0 bridgehead atoms. The maximum atomic E-state index is 5.14. The summed E-state index contributed by atoms with van der Waals surface area (Å²) in [6, 6.07) is 54.1. The number of nitrogens with zero attached hydrogens (tertiary/aromatic N) is 5. The van der Waals surface area contributed by atoms with Crippen molar-refractivity contribution in [2.45, 2.75) is 0 Å². The molecule has 6 aromatic carbocycles.